The van der Waals surface area contributed by atoms with Gasteiger partial charge in [0.25, 0.3) is 0 Å². The first-order chi connectivity index (χ1) is 8.94. The average molecular weight is 296 g/mol. The molecular weight excluding hydrogens is 274 g/mol. The van der Waals surface area contributed by atoms with Crippen LogP contribution in [0.1, 0.15) is 32.8 Å². The number of aliphatic imine (C=N–C) groups is 2. The summed E-state index contributed by atoms with van der Waals surface area (Å²) in [4.78, 5) is 10.3. The number of hydrogen-bond donors (Lipinski definition) is 2. The molecule has 0 aromatic heterocycles. The third-order valence-corrected chi connectivity index (χ3v) is 3.13. The summed E-state index contributed by atoms with van der Waals surface area (Å²) in [5, 5.41) is 0. The van der Waals surface area contributed by atoms with E-state index in [-0.39, 0.29) is 18.4 Å². The van der Waals surface area contributed by atoms with Crippen LogP contribution in [-0.4, -0.2) is 17.6 Å². The molecule has 5 nitrogen and oxygen atoms in total. The molecule has 0 bridgehead atoms. The summed E-state index contributed by atoms with van der Waals surface area (Å²) in [6.07, 6.45) is 2.22. The van der Waals surface area contributed by atoms with Crippen molar-refractivity contribution in [3.05, 3.63) is 29.8 Å². The zero-order valence-electron chi connectivity index (χ0n) is 12.1. The zero-order valence-corrected chi connectivity index (χ0v) is 12.9. The fourth-order valence-electron chi connectivity index (χ4n) is 2.35. The maximum atomic E-state index is 5.99. The van der Waals surface area contributed by atoms with Crippen LogP contribution in [-0.2, 0) is 6.42 Å². The first kappa shape index (κ1) is 16.3. The van der Waals surface area contributed by atoms with E-state index in [0.29, 0.717) is 5.96 Å². The van der Waals surface area contributed by atoms with Crippen molar-refractivity contribution in [1.29, 1.82) is 0 Å². The Morgan fingerprint density at radius 1 is 1.15 bits per heavy atom. The molecule has 6 heteroatoms. The second-order valence-corrected chi connectivity index (χ2v) is 5.19. The molecule has 0 amide bonds. The number of nitrogens with two attached hydrogens (primary N) is 2. The Balaban J connectivity index is 0.00000200. The number of guanidine groups is 2. The minimum atomic E-state index is -0.526. The van der Waals surface area contributed by atoms with Gasteiger partial charge >= 0.3 is 0 Å². The van der Waals surface area contributed by atoms with Gasteiger partial charge in [-0.2, -0.15) is 4.99 Å². The van der Waals surface area contributed by atoms with E-state index in [1.807, 2.05) is 30.9 Å². The van der Waals surface area contributed by atoms with E-state index in [1.54, 1.807) is 0 Å². The summed E-state index contributed by atoms with van der Waals surface area (Å²) >= 11 is 0. The number of nitrogens with zero attached hydrogens (tertiary/aromatic N) is 3. The molecule has 0 fully saturated rings. The fraction of sp³-hybridized carbons (Fsp3) is 0.429. The van der Waals surface area contributed by atoms with Crippen molar-refractivity contribution in [3.63, 3.8) is 0 Å². The summed E-state index contributed by atoms with van der Waals surface area (Å²) in [6, 6.07) is 8.33. The number of aryl methyl sites for hydroxylation is 1. The lowest BCUT2D eigenvalue weighted by atomic mass is 10.1. The second-order valence-electron chi connectivity index (χ2n) is 5.19. The molecule has 1 aromatic carbocycles. The Kier molecular flexibility index (Phi) is 5.00. The van der Waals surface area contributed by atoms with Gasteiger partial charge in [0.2, 0.25) is 11.9 Å². The summed E-state index contributed by atoms with van der Waals surface area (Å²) in [5.74, 6) is 0.599. The van der Waals surface area contributed by atoms with Gasteiger partial charge in [0.15, 0.2) is 0 Å². The molecule has 0 radical (unpaired) electrons. The van der Waals surface area contributed by atoms with Crippen LogP contribution in [0.15, 0.2) is 34.3 Å². The SMILES string of the molecule is CCCc1ccc(N2C(N)=NC(N)=NC2(C)C)cc1.Cl. The predicted octanol–water partition coefficient (Wildman–Crippen LogP) is 2.25. The lowest BCUT2D eigenvalue weighted by molar-refractivity contribution is 0.534. The number of rotatable bonds is 3. The second kappa shape index (κ2) is 6.13. The molecule has 0 saturated carbocycles. The van der Waals surface area contributed by atoms with Crippen molar-refractivity contribution in [3.8, 4) is 0 Å². The van der Waals surface area contributed by atoms with Gasteiger partial charge in [-0.25, -0.2) is 4.99 Å². The topological polar surface area (TPSA) is 80.0 Å². The van der Waals surface area contributed by atoms with Gasteiger partial charge in [0, 0.05) is 5.69 Å². The molecule has 20 heavy (non-hydrogen) atoms. The molecule has 4 N–H and O–H groups in total. The van der Waals surface area contributed by atoms with Crippen molar-refractivity contribution in [2.45, 2.75) is 39.3 Å². The van der Waals surface area contributed by atoms with E-state index >= 15 is 0 Å². The molecule has 0 aliphatic carbocycles. The maximum absolute atomic E-state index is 5.99. The molecular formula is C14H22ClN5. The van der Waals surface area contributed by atoms with Crippen LogP contribution in [0.3, 0.4) is 0 Å². The normalized spacial score (nSPS) is 17.1. The van der Waals surface area contributed by atoms with Crippen LogP contribution in [0.2, 0.25) is 0 Å². The molecule has 0 unspecified atom stereocenters. The Labute approximate surface area is 126 Å². The van der Waals surface area contributed by atoms with Gasteiger partial charge in [-0.15, -0.1) is 12.4 Å². The van der Waals surface area contributed by atoms with E-state index in [2.05, 4.69) is 29.0 Å². The highest BCUT2D eigenvalue weighted by Crippen LogP contribution is 2.27. The monoisotopic (exact) mass is 295 g/mol. The van der Waals surface area contributed by atoms with Crippen molar-refractivity contribution < 1.29 is 0 Å². The fourth-order valence-corrected chi connectivity index (χ4v) is 2.35. The largest absolute Gasteiger partial charge is 0.369 e. The van der Waals surface area contributed by atoms with Crippen molar-refractivity contribution in [2.75, 3.05) is 4.90 Å². The van der Waals surface area contributed by atoms with Gasteiger partial charge in [-0.3, -0.25) is 4.90 Å². The van der Waals surface area contributed by atoms with Gasteiger partial charge in [0.1, 0.15) is 5.66 Å². The van der Waals surface area contributed by atoms with E-state index in [0.717, 1.165) is 18.5 Å². The van der Waals surface area contributed by atoms with E-state index < -0.39 is 5.66 Å². The zero-order chi connectivity index (χ0) is 14.0. The molecule has 110 valence electrons. The molecule has 2 rings (SSSR count). The van der Waals surface area contributed by atoms with E-state index in [1.165, 1.54) is 5.56 Å². The predicted molar refractivity (Wildman–Crippen MR) is 87.5 cm³/mol. The standard InChI is InChI=1S/C14H21N5.ClH/c1-4-5-10-6-8-11(9-7-10)19-13(16)17-12(15)18-14(19,2)3;/h6-9H,4-5H2,1-3H3,(H4,15,16,17,18);1H. The van der Waals surface area contributed by atoms with Crippen molar-refractivity contribution >= 4 is 30.0 Å². The summed E-state index contributed by atoms with van der Waals surface area (Å²) < 4.78 is 0. The molecule has 0 spiro atoms. The third-order valence-electron chi connectivity index (χ3n) is 3.13. The third kappa shape index (κ3) is 3.22. The first-order valence-corrected chi connectivity index (χ1v) is 6.52. The number of hydrogen-bond acceptors (Lipinski definition) is 5. The van der Waals surface area contributed by atoms with Crippen molar-refractivity contribution in [2.24, 2.45) is 21.5 Å². The molecule has 0 saturated heterocycles. The van der Waals surface area contributed by atoms with Crippen LogP contribution >= 0.6 is 12.4 Å². The lowest BCUT2D eigenvalue weighted by Crippen LogP contribution is -2.54. The molecule has 1 aromatic rings. The molecule has 1 heterocycles. The lowest BCUT2D eigenvalue weighted by Gasteiger charge is -2.38. The van der Waals surface area contributed by atoms with Crippen LogP contribution in [0.25, 0.3) is 0 Å². The van der Waals surface area contributed by atoms with Crippen molar-refractivity contribution in [1.82, 2.24) is 0 Å². The van der Waals surface area contributed by atoms with Gasteiger partial charge in [-0.05, 0) is 38.0 Å². The Bertz CT molecular complexity index is 519. The highest BCUT2D eigenvalue weighted by Gasteiger charge is 2.32. The van der Waals surface area contributed by atoms with Crippen LogP contribution in [0.4, 0.5) is 5.69 Å². The minimum absolute atomic E-state index is 0. The molecule has 0 atom stereocenters. The van der Waals surface area contributed by atoms with E-state index in [9.17, 15) is 0 Å². The number of halogens is 1. The van der Waals surface area contributed by atoms with Gasteiger partial charge < -0.3 is 11.5 Å². The van der Waals surface area contributed by atoms with Gasteiger partial charge in [0.05, 0.1) is 0 Å². The number of anilines is 1. The summed E-state index contributed by atoms with van der Waals surface area (Å²) in [6.45, 7) is 6.09. The molecule has 1 aliphatic rings. The Morgan fingerprint density at radius 3 is 2.25 bits per heavy atom. The van der Waals surface area contributed by atoms with Crippen LogP contribution < -0.4 is 16.4 Å². The maximum Gasteiger partial charge on any atom is 0.220 e. The Morgan fingerprint density at radius 2 is 1.75 bits per heavy atom. The highest BCUT2D eigenvalue weighted by molar-refractivity contribution is 6.05. The van der Waals surface area contributed by atoms with Crippen LogP contribution in [0.5, 0.6) is 0 Å². The number of benzene rings is 1. The Hall–Kier alpha value is -1.75. The quantitative estimate of drug-likeness (QED) is 0.897. The van der Waals surface area contributed by atoms with Crippen LogP contribution in [0, 0.1) is 0 Å². The smallest absolute Gasteiger partial charge is 0.220 e. The molecule has 1 aliphatic heterocycles. The van der Waals surface area contributed by atoms with Gasteiger partial charge in [-0.1, -0.05) is 25.5 Å². The summed E-state index contributed by atoms with van der Waals surface area (Å²) in [7, 11) is 0. The average Bonchev–Trinajstić information content (AvgIpc) is 2.29. The van der Waals surface area contributed by atoms with E-state index in [4.69, 9.17) is 11.5 Å². The highest BCUT2D eigenvalue weighted by atomic mass is 35.5. The first-order valence-electron chi connectivity index (χ1n) is 6.52. The summed E-state index contributed by atoms with van der Waals surface area (Å²) in [5.41, 5.74) is 13.4. The minimum Gasteiger partial charge on any atom is -0.369 e.